The van der Waals surface area contributed by atoms with Crippen molar-refractivity contribution in [3.8, 4) is 0 Å². The van der Waals surface area contributed by atoms with Gasteiger partial charge in [0.25, 0.3) is 0 Å². The summed E-state index contributed by atoms with van der Waals surface area (Å²) in [5.41, 5.74) is 0.523. The average molecular weight is 325 g/mol. The second-order valence-electron chi connectivity index (χ2n) is 5.97. The lowest BCUT2D eigenvalue weighted by Crippen LogP contribution is -2.32. The fourth-order valence-electron chi connectivity index (χ4n) is 2.76. The van der Waals surface area contributed by atoms with Crippen LogP contribution in [-0.4, -0.2) is 38.7 Å². The summed E-state index contributed by atoms with van der Waals surface area (Å²) in [5, 5.41) is 6.11. The number of carbonyl (C=O) groups excluding carboxylic acids is 1. The van der Waals surface area contributed by atoms with Gasteiger partial charge >= 0.3 is 0 Å². The topological polar surface area (TPSA) is 88.2 Å². The van der Waals surface area contributed by atoms with E-state index in [0.717, 1.165) is 32.2 Å². The van der Waals surface area contributed by atoms with Crippen LogP contribution >= 0.6 is 0 Å². The van der Waals surface area contributed by atoms with Crippen molar-refractivity contribution in [3.63, 3.8) is 0 Å². The molecule has 2 heterocycles. The monoisotopic (exact) mass is 325 g/mol. The van der Waals surface area contributed by atoms with Gasteiger partial charge in [-0.05, 0) is 49.9 Å². The highest BCUT2D eigenvalue weighted by atomic mass is 32.2. The lowest BCUT2D eigenvalue weighted by atomic mass is 9.84. The molecule has 0 aliphatic carbocycles. The van der Waals surface area contributed by atoms with E-state index in [0.29, 0.717) is 23.9 Å². The number of nitrogens with one attached hydrogen (secondary N) is 2. The van der Waals surface area contributed by atoms with E-state index in [2.05, 4.69) is 22.5 Å². The summed E-state index contributed by atoms with van der Waals surface area (Å²) >= 11 is 0. The Morgan fingerprint density at radius 1 is 1.41 bits per heavy atom. The molecule has 1 aromatic heterocycles. The molecular weight excluding hydrogens is 302 g/mol. The molecule has 0 bridgehead atoms. The van der Waals surface area contributed by atoms with Crippen LogP contribution in [0.15, 0.2) is 23.4 Å². The Kier molecular flexibility index (Phi) is 5.52. The second kappa shape index (κ2) is 7.19. The molecule has 1 aliphatic heterocycles. The van der Waals surface area contributed by atoms with E-state index in [9.17, 15) is 13.2 Å². The quantitative estimate of drug-likeness (QED) is 0.855. The number of carbonyl (C=O) groups is 1. The fourth-order valence-corrected chi connectivity index (χ4v) is 3.32. The van der Waals surface area contributed by atoms with Crippen molar-refractivity contribution in [2.75, 3.05) is 24.7 Å². The van der Waals surface area contributed by atoms with Crippen LogP contribution in [0, 0.1) is 11.8 Å². The Hall–Kier alpha value is -1.47. The van der Waals surface area contributed by atoms with Crippen LogP contribution in [0.1, 0.15) is 26.2 Å². The molecule has 1 unspecified atom stereocenters. The van der Waals surface area contributed by atoms with E-state index >= 15 is 0 Å². The van der Waals surface area contributed by atoms with Crippen LogP contribution < -0.4 is 10.6 Å². The predicted octanol–water partition coefficient (Wildman–Crippen LogP) is 1.45. The molecule has 1 amide bonds. The van der Waals surface area contributed by atoms with Crippen LogP contribution in [0.25, 0.3) is 0 Å². The molecule has 1 saturated heterocycles. The third-order valence-corrected chi connectivity index (χ3v) is 5.10. The average Bonchev–Trinajstić information content (AvgIpc) is 2.47. The van der Waals surface area contributed by atoms with Gasteiger partial charge in [0.05, 0.1) is 11.9 Å². The smallest absolute Gasteiger partial charge is 0.224 e. The second-order valence-corrected chi connectivity index (χ2v) is 7.94. The largest absolute Gasteiger partial charge is 0.325 e. The molecule has 1 aromatic rings. The summed E-state index contributed by atoms with van der Waals surface area (Å²) in [4.78, 5) is 15.9. The summed E-state index contributed by atoms with van der Waals surface area (Å²) in [5.74, 6) is 0.864. The zero-order valence-electron chi connectivity index (χ0n) is 13.0. The molecule has 6 nitrogen and oxygen atoms in total. The van der Waals surface area contributed by atoms with Gasteiger partial charge < -0.3 is 10.6 Å². The van der Waals surface area contributed by atoms with E-state index in [4.69, 9.17) is 0 Å². The van der Waals surface area contributed by atoms with Crippen molar-refractivity contribution >= 4 is 21.4 Å². The molecule has 2 N–H and O–H groups in total. The number of piperidine rings is 1. The number of nitrogens with zero attached hydrogens (tertiary/aromatic N) is 1. The van der Waals surface area contributed by atoms with Crippen LogP contribution in [0.5, 0.6) is 0 Å². The minimum Gasteiger partial charge on any atom is -0.325 e. The molecule has 1 aliphatic rings. The Morgan fingerprint density at radius 2 is 2.09 bits per heavy atom. The highest BCUT2D eigenvalue weighted by molar-refractivity contribution is 7.90. The predicted molar refractivity (Wildman–Crippen MR) is 85.4 cm³/mol. The van der Waals surface area contributed by atoms with Gasteiger partial charge in [-0.3, -0.25) is 4.79 Å². The van der Waals surface area contributed by atoms with Crippen molar-refractivity contribution in [2.45, 2.75) is 31.2 Å². The third kappa shape index (κ3) is 4.78. The first kappa shape index (κ1) is 16.9. The highest BCUT2D eigenvalue weighted by Crippen LogP contribution is 2.24. The molecular formula is C15H23N3O3S. The van der Waals surface area contributed by atoms with Crippen molar-refractivity contribution in [3.05, 3.63) is 18.3 Å². The Morgan fingerprint density at radius 3 is 2.64 bits per heavy atom. The van der Waals surface area contributed by atoms with E-state index in [1.165, 1.54) is 12.3 Å². The number of hydrogen-bond acceptors (Lipinski definition) is 5. The fraction of sp³-hybridized carbons (Fsp3) is 0.600. The first-order valence-electron chi connectivity index (χ1n) is 7.53. The van der Waals surface area contributed by atoms with Crippen LogP contribution in [-0.2, 0) is 14.6 Å². The van der Waals surface area contributed by atoms with Crippen molar-refractivity contribution < 1.29 is 13.2 Å². The van der Waals surface area contributed by atoms with Gasteiger partial charge in [0.2, 0.25) is 5.91 Å². The number of pyridine rings is 1. The van der Waals surface area contributed by atoms with Gasteiger partial charge in [-0.25, -0.2) is 13.4 Å². The normalized spacial score (nSPS) is 17.9. The maximum atomic E-state index is 12.1. The summed E-state index contributed by atoms with van der Waals surface area (Å²) in [6.45, 7) is 4.15. The molecule has 1 fully saturated rings. The summed E-state index contributed by atoms with van der Waals surface area (Å²) in [7, 11) is -3.31. The van der Waals surface area contributed by atoms with Crippen LogP contribution in [0.2, 0.25) is 0 Å². The molecule has 1 atom stereocenters. The van der Waals surface area contributed by atoms with E-state index in [1.807, 2.05) is 0 Å². The Balaban J connectivity index is 1.88. The van der Waals surface area contributed by atoms with E-state index in [-0.39, 0.29) is 10.9 Å². The van der Waals surface area contributed by atoms with Gasteiger partial charge in [-0.1, -0.05) is 6.92 Å². The van der Waals surface area contributed by atoms with Gasteiger partial charge in [-0.2, -0.15) is 0 Å². The summed E-state index contributed by atoms with van der Waals surface area (Å²) in [6, 6.07) is 2.97. The van der Waals surface area contributed by atoms with Crippen LogP contribution in [0.4, 0.5) is 5.69 Å². The van der Waals surface area contributed by atoms with Crippen molar-refractivity contribution in [1.29, 1.82) is 0 Å². The maximum absolute atomic E-state index is 12.1. The lowest BCUT2D eigenvalue weighted by Gasteiger charge is -2.27. The first-order chi connectivity index (χ1) is 10.4. The minimum atomic E-state index is -3.31. The molecule has 7 heteroatoms. The van der Waals surface area contributed by atoms with Crippen molar-refractivity contribution in [1.82, 2.24) is 10.3 Å². The zero-order valence-corrected chi connectivity index (χ0v) is 13.8. The van der Waals surface area contributed by atoms with Gasteiger partial charge in [0.15, 0.2) is 14.9 Å². The van der Waals surface area contributed by atoms with Gasteiger partial charge in [0.1, 0.15) is 0 Å². The Labute approximate surface area is 131 Å². The van der Waals surface area contributed by atoms with Crippen LogP contribution in [0.3, 0.4) is 0 Å². The summed E-state index contributed by atoms with van der Waals surface area (Å²) in [6.07, 6.45) is 5.17. The molecule has 22 heavy (non-hydrogen) atoms. The SMILES string of the molecule is CC(CC(=O)Nc1ccc(S(C)(=O)=O)nc1)C1CCNCC1. The van der Waals surface area contributed by atoms with Gasteiger partial charge in [-0.15, -0.1) is 0 Å². The molecule has 0 aromatic carbocycles. The van der Waals surface area contributed by atoms with E-state index in [1.54, 1.807) is 6.07 Å². The molecule has 0 saturated carbocycles. The number of anilines is 1. The maximum Gasteiger partial charge on any atom is 0.224 e. The summed E-state index contributed by atoms with van der Waals surface area (Å²) < 4.78 is 22.7. The number of aromatic nitrogens is 1. The molecule has 0 spiro atoms. The molecule has 2 rings (SSSR count). The number of sulfone groups is 1. The van der Waals surface area contributed by atoms with Gasteiger partial charge in [0, 0.05) is 12.7 Å². The Bertz CT molecular complexity index is 607. The number of rotatable bonds is 5. The molecule has 122 valence electrons. The third-order valence-electron chi connectivity index (χ3n) is 4.10. The lowest BCUT2D eigenvalue weighted by molar-refractivity contribution is -0.117. The van der Waals surface area contributed by atoms with E-state index < -0.39 is 9.84 Å². The number of amides is 1. The minimum absolute atomic E-state index is 0.00794. The molecule has 0 radical (unpaired) electrons. The standard InChI is InChI=1S/C15H23N3O3S/c1-11(12-5-7-16-8-6-12)9-14(19)18-13-3-4-15(17-10-13)22(2,20)21/h3-4,10-12,16H,5-9H2,1-2H3,(H,18,19). The van der Waals surface area contributed by atoms with Crippen molar-refractivity contribution in [2.24, 2.45) is 11.8 Å². The highest BCUT2D eigenvalue weighted by Gasteiger charge is 2.22. The zero-order chi connectivity index (χ0) is 16.2. The first-order valence-corrected chi connectivity index (χ1v) is 9.42. The number of hydrogen-bond donors (Lipinski definition) is 2.